The Bertz CT molecular complexity index is 1100. The lowest BCUT2D eigenvalue weighted by molar-refractivity contribution is -0.133. The summed E-state index contributed by atoms with van der Waals surface area (Å²) in [6.07, 6.45) is 0.106. The van der Waals surface area contributed by atoms with Gasteiger partial charge in [0.2, 0.25) is 0 Å². The fourth-order valence-electron chi connectivity index (χ4n) is 2.62. The van der Waals surface area contributed by atoms with Crippen LogP contribution in [-0.4, -0.2) is 16.9 Å². The van der Waals surface area contributed by atoms with E-state index in [4.69, 9.17) is 4.74 Å². The molecule has 4 aromatic rings. The Labute approximate surface area is 175 Å². The zero-order valence-electron chi connectivity index (χ0n) is 15.2. The number of ether oxygens (including phenoxy) is 1. The van der Waals surface area contributed by atoms with Gasteiger partial charge in [-0.3, -0.25) is 9.59 Å². The predicted molar refractivity (Wildman–Crippen MR) is 116 cm³/mol. The molecule has 0 fully saturated rings. The molecule has 1 N–H and O–H groups in total. The second-order valence-electron chi connectivity index (χ2n) is 6.12. The molecule has 4 rings (SSSR count). The number of nitrogens with zero attached hydrogens (tertiary/aromatic N) is 1. The van der Waals surface area contributed by atoms with Gasteiger partial charge in [0.05, 0.1) is 17.0 Å². The number of esters is 1. The van der Waals surface area contributed by atoms with Crippen LogP contribution in [0, 0.1) is 0 Å². The minimum atomic E-state index is -0.380. The zero-order chi connectivity index (χ0) is 20.1. The van der Waals surface area contributed by atoms with E-state index in [0.717, 1.165) is 9.88 Å². The summed E-state index contributed by atoms with van der Waals surface area (Å²) in [6, 6.07) is 19.6. The van der Waals surface area contributed by atoms with Crippen molar-refractivity contribution in [3.8, 4) is 15.6 Å². The second kappa shape index (κ2) is 8.81. The molecule has 7 heteroatoms. The normalized spacial score (nSPS) is 10.5. The third-order valence-corrected chi connectivity index (χ3v) is 5.92. The summed E-state index contributed by atoms with van der Waals surface area (Å²) in [5.41, 5.74) is 1.89. The molecule has 2 heterocycles. The van der Waals surface area contributed by atoms with Crippen molar-refractivity contribution in [1.82, 2.24) is 4.98 Å². The molecular formula is C22H16N2O3S2. The van der Waals surface area contributed by atoms with Gasteiger partial charge >= 0.3 is 5.97 Å². The number of carbonyl (C=O) groups is 2. The first kappa shape index (κ1) is 19.0. The smallest absolute Gasteiger partial charge is 0.317 e. The molecule has 0 saturated carbocycles. The molecule has 0 unspecified atom stereocenters. The number of thiophene rings is 1. The van der Waals surface area contributed by atoms with Gasteiger partial charge in [-0.05, 0) is 47.8 Å². The Hall–Kier alpha value is -3.29. The maximum Gasteiger partial charge on any atom is 0.317 e. The van der Waals surface area contributed by atoms with Crippen LogP contribution >= 0.6 is 22.7 Å². The standard InChI is InChI=1S/C22H16N2O3S2/c25-20(13-17-14-29-22(24-17)19-7-4-12-28-19)27-18-10-8-16(9-11-18)23-21(26)15-5-2-1-3-6-15/h1-12,14H,13H2,(H,23,26). The van der Waals surface area contributed by atoms with E-state index in [9.17, 15) is 9.59 Å². The highest BCUT2D eigenvalue weighted by atomic mass is 32.1. The van der Waals surface area contributed by atoms with Gasteiger partial charge in [0.25, 0.3) is 5.91 Å². The van der Waals surface area contributed by atoms with Crippen molar-refractivity contribution in [3.05, 3.63) is 88.7 Å². The van der Waals surface area contributed by atoms with E-state index in [1.54, 1.807) is 47.7 Å². The SMILES string of the molecule is O=C(Cc1csc(-c2cccs2)n1)Oc1ccc(NC(=O)c2ccccc2)cc1. The Morgan fingerprint density at radius 3 is 2.45 bits per heavy atom. The van der Waals surface area contributed by atoms with E-state index in [-0.39, 0.29) is 18.3 Å². The Kier molecular flexibility index (Phi) is 5.79. The molecule has 0 atom stereocenters. The number of thiazole rings is 1. The van der Waals surface area contributed by atoms with E-state index in [0.29, 0.717) is 22.7 Å². The Morgan fingerprint density at radius 2 is 1.72 bits per heavy atom. The minimum Gasteiger partial charge on any atom is -0.426 e. The number of hydrogen-bond donors (Lipinski definition) is 1. The molecule has 144 valence electrons. The van der Waals surface area contributed by atoms with Crippen LogP contribution in [0.3, 0.4) is 0 Å². The molecule has 0 aliphatic heterocycles. The minimum absolute atomic E-state index is 0.106. The van der Waals surface area contributed by atoms with E-state index in [2.05, 4.69) is 10.3 Å². The maximum absolute atomic E-state index is 12.2. The van der Waals surface area contributed by atoms with Crippen LogP contribution < -0.4 is 10.1 Å². The van der Waals surface area contributed by atoms with Crippen LogP contribution in [0.15, 0.2) is 77.5 Å². The van der Waals surface area contributed by atoms with Crippen LogP contribution in [0.4, 0.5) is 5.69 Å². The number of hydrogen-bond acceptors (Lipinski definition) is 6. The zero-order valence-corrected chi connectivity index (χ0v) is 16.8. The summed E-state index contributed by atoms with van der Waals surface area (Å²) in [5.74, 6) is -0.157. The van der Waals surface area contributed by atoms with Crippen LogP contribution in [0.5, 0.6) is 5.75 Å². The first-order valence-corrected chi connectivity index (χ1v) is 10.6. The average Bonchev–Trinajstić information content (AvgIpc) is 3.42. The Balaban J connectivity index is 1.32. The van der Waals surface area contributed by atoms with Crippen molar-refractivity contribution >= 4 is 40.2 Å². The molecule has 0 aliphatic rings. The number of anilines is 1. The van der Waals surface area contributed by atoms with Crippen LogP contribution in [-0.2, 0) is 11.2 Å². The largest absolute Gasteiger partial charge is 0.426 e. The topological polar surface area (TPSA) is 68.3 Å². The monoisotopic (exact) mass is 420 g/mol. The van der Waals surface area contributed by atoms with Crippen molar-refractivity contribution < 1.29 is 14.3 Å². The van der Waals surface area contributed by atoms with Gasteiger partial charge in [0, 0.05) is 16.6 Å². The molecule has 5 nitrogen and oxygen atoms in total. The molecule has 1 amide bonds. The number of amides is 1. The lowest BCUT2D eigenvalue weighted by Gasteiger charge is -2.07. The summed E-state index contributed by atoms with van der Waals surface area (Å²) in [6.45, 7) is 0. The van der Waals surface area contributed by atoms with Crippen molar-refractivity contribution in [3.63, 3.8) is 0 Å². The molecule has 0 saturated heterocycles. The number of carbonyl (C=O) groups excluding carboxylic acids is 2. The van der Waals surface area contributed by atoms with Crippen molar-refractivity contribution in [1.29, 1.82) is 0 Å². The first-order chi connectivity index (χ1) is 14.2. The highest BCUT2D eigenvalue weighted by molar-refractivity contribution is 7.20. The lowest BCUT2D eigenvalue weighted by atomic mass is 10.2. The highest BCUT2D eigenvalue weighted by Crippen LogP contribution is 2.28. The van der Waals surface area contributed by atoms with Crippen molar-refractivity contribution in [2.24, 2.45) is 0 Å². The van der Waals surface area contributed by atoms with Gasteiger partial charge in [-0.1, -0.05) is 24.3 Å². The third kappa shape index (κ3) is 4.96. The van der Waals surface area contributed by atoms with Gasteiger partial charge in [0.1, 0.15) is 10.8 Å². The van der Waals surface area contributed by atoms with Gasteiger partial charge in [-0.15, -0.1) is 22.7 Å². The first-order valence-electron chi connectivity index (χ1n) is 8.83. The quantitative estimate of drug-likeness (QED) is 0.341. The summed E-state index contributed by atoms with van der Waals surface area (Å²) in [4.78, 5) is 29.9. The van der Waals surface area contributed by atoms with Gasteiger partial charge in [-0.2, -0.15) is 0 Å². The molecule has 0 aliphatic carbocycles. The van der Waals surface area contributed by atoms with Crippen LogP contribution in [0.1, 0.15) is 16.1 Å². The van der Waals surface area contributed by atoms with Crippen LogP contribution in [0.25, 0.3) is 9.88 Å². The average molecular weight is 421 g/mol. The highest BCUT2D eigenvalue weighted by Gasteiger charge is 2.12. The van der Waals surface area contributed by atoms with E-state index in [1.165, 1.54) is 11.3 Å². The number of aromatic nitrogens is 1. The number of benzene rings is 2. The van der Waals surface area contributed by atoms with E-state index in [1.807, 2.05) is 41.1 Å². The molecule has 0 bridgehead atoms. The molecule has 29 heavy (non-hydrogen) atoms. The summed E-state index contributed by atoms with van der Waals surface area (Å²) < 4.78 is 5.38. The van der Waals surface area contributed by atoms with Gasteiger partial charge in [0.15, 0.2) is 0 Å². The number of nitrogens with one attached hydrogen (secondary N) is 1. The van der Waals surface area contributed by atoms with Crippen molar-refractivity contribution in [2.45, 2.75) is 6.42 Å². The fraction of sp³-hybridized carbons (Fsp3) is 0.0455. The fourth-order valence-corrected chi connectivity index (χ4v) is 4.25. The summed E-state index contributed by atoms with van der Waals surface area (Å²) in [5, 5.41) is 7.58. The molecule has 0 spiro atoms. The number of rotatable bonds is 6. The summed E-state index contributed by atoms with van der Waals surface area (Å²) >= 11 is 3.13. The molecule has 2 aromatic carbocycles. The maximum atomic E-state index is 12.2. The lowest BCUT2D eigenvalue weighted by Crippen LogP contribution is -2.12. The van der Waals surface area contributed by atoms with Crippen molar-refractivity contribution in [2.75, 3.05) is 5.32 Å². The van der Waals surface area contributed by atoms with E-state index < -0.39 is 0 Å². The molecule has 2 aromatic heterocycles. The molecule has 0 radical (unpaired) electrons. The Morgan fingerprint density at radius 1 is 0.931 bits per heavy atom. The van der Waals surface area contributed by atoms with Crippen LogP contribution in [0.2, 0.25) is 0 Å². The van der Waals surface area contributed by atoms with Gasteiger partial charge < -0.3 is 10.1 Å². The predicted octanol–water partition coefficient (Wildman–Crippen LogP) is 5.27. The van der Waals surface area contributed by atoms with Gasteiger partial charge in [-0.25, -0.2) is 4.98 Å². The summed E-state index contributed by atoms with van der Waals surface area (Å²) in [7, 11) is 0. The molecular weight excluding hydrogens is 404 g/mol. The third-order valence-electron chi connectivity index (χ3n) is 3.99. The second-order valence-corrected chi connectivity index (χ2v) is 7.92. The van der Waals surface area contributed by atoms with E-state index >= 15 is 0 Å².